The molecule has 47 heavy (non-hydrogen) atoms. The number of hydrogen-bond acceptors (Lipinski definition) is 8. The lowest BCUT2D eigenvalue weighted by Crippen LogP contribution is -2.26. The summed E-state index contributed by atoms with van der Waals surface area (Å²) in [6.45, 7) is 2.45. The first-order valence-corrected chi connectivity index (χ1v) is 14.9. The van der Waals surface area contributed by atoms with Crippen LogP contribution in [0.25, 0.3) is 22.0 Å². The molecule has 0 radical (unpaired) electrons. The number of hydrogen-bond donors (Lipinski definition) is 1. The van der Waals surface area contributed by atoms with E-state index < -0.39 is 28.8 Å². The zero-order valence-electron chi connectivity index (χ0n) is 26.8. The number of fused-ring (bicyclic) bond motifs is 1. The summed E-state index contributed by atoms with van der Waals surface area (Å²) in [6, 6.07) is 16.3. The van der Waals surface area contributed by atoms with Gasteiger partial charge in [-0.25, -0.2) is 18.7 Å². The summed E-state index contributed by atoms with van der Waals surface area (Å²) >= 11 is 0. The second-order valence-corrected chi connectivity index (χ2v) is 11.2. The molecule has 1 unspecified atom stereocenters. The summed E-state index contributed by atoms with van der Waals surface area (Å²) in [4.78, 5) is 37.8. The maximum absolute atomic E-state index is 15.7. The Morgan fingerprint density at radius 3 is 2.38 bits per heavy atom. The number of nitrogens with zero attached hydrogens (tertiary/aromatic N) is 4. The van der Waals surface area contributed by atoms with Crippen LogP contribution < -0.4 is 20.3 Å². The molecule has 2 aromatic carbocycles. The maximum atomic E-state index is 15.7. The third kappa shape index (κ3) is 7.20. The van der Waals surface area contributed by atoms with Crippen molar-refractivity contribution in [3.63, 3.8) is 0 Å². The summed E-state index contributed by atoms with van der Waals surface area (Å²) in [5.41, 5.74) is 0.476. The number of anilines is 2. The number of ketones is 1. The molecule has 11 heteroatoms. The first kappa shape index (κ1) is 33.0. The normalized spacial score (nSPS) is 12.1. The third-order valence-corrected chi connectivity index (χ3v) is 7.66. The molecule has 0 aliphatic carbocycles. The van der Waals surface area contributed by atoms with Gasteiger partial charge in [0.15, 0.2) is 28.9 Å². The summed E-state index contributed by atoms with van der Waals surface area (Å²) < 4.78 is 43.2. The molecule has 0 amide bonds. The van der Waals surface area contributed by atoms with Crippen LogP contribution >= 0.6 is 0 Å². The van der Waals surface area contributed by atoms with Gasteiger partial charge in [0.1, 0.15) is 11.6 Å². The van der Waals surface area contributed by atoms with E-state index in [0.29, 0.717) is 34.6 Å². The minimum atomic E-state index is -1.04. The molecular weight excluding hydrogens is 604 g/mol. The van der Waals surface area contributed by atoms with Gasteiger partial charge in [-0.3, -0.25) is 9.59 Å². The van der Waals surface area contributed by atoms with Gasteiger partial charge in [-0.2, -0.15) is 0 Å². The number of methoxy groups -OCH3 is 2. The first-order valence-electron chi connectivity index (χ1n) is 14.9. The first-order chi connectivity index (χ1) is 22.6. The number of aromatic nitrogens is 3. The predicted molar refractivity (Wildman–Crippen MR) is 179 cm³/mol. The van der Waals surface area contributed by atoms with Crippen molar-refractivity contribution >= 4 is 28.3 Å². The Hall–Kier alpha value is -5.42. The fourth-order valence-corrected chi connectivity index (χ4v) is 5.32. The van der Waals surface area contributed by atoms with Crippen LogP contribution in [0.5, 0.6) is 11.5 Å². The molecule has 0 fully saturated rings. The third-order valence-electron chi connectivity index (χ3n) is 7.66. The lowest BCUT2D eigenvalue weighted by Gasteiger charge is -2.22. The molecule has 1 N–H and O–H groups in total. The van der Waals surface area contributed by atoms with Gasteiger partial charge in [-0.1, -0.05) is 36.4 Å². The Kier molecular flexibility index (Phi) is 10.1. The Balaban J connectivity index is 1.68. The monoisotopic (exact) mass is 639 g/mol. The number of halogens is 2. The Labute approximate surface area is 271 Å². The van der Waals surface area contributed by atoms with Crippen molar-refractivity contribution in [3.05, 3.63) is 118 Å². The van der Waals surface area contributed by atoms with E-state index in [1.165, 1.54) is 31.0 Å². The average molecular weight is 640 g/mol. The molecule has 242 valence electrons. The molecule has 0 aliphatic heterocycles. The minimum Gasteiger partial charge on any atom is -0.494 e. The molecule has 5 rings (SSSR count). The molecular formula is C36H35F2N5O4. The van der Waals surface area contributed by atoms with E-state index in [4.69, 9.17) is 9.47 Å². The van der Waals surface area contributed by atoms with Crippen molar-refractivity contribution in [1.29, 1.82) is 0 Å². The smallest absolute Gasteiger partial charge is 0.259 e. The van der Waals surface area contributed by atoms with Crippen molar-refractivity contribution in [2.75, 3.05) is 40.2 Å². The second-order valence-electron chi connectivity index (χ2n) is 11.2. The highest BCUT2D eigenvalue weighted by atomic mass is 19.1. The van der Waals surface area contributed by atoms with Crippen molar-refractivity contribution in [3.8, 4) is 22.6 Å². The Morgan fingerprint density at radius 2 is 1.72 bits per heavy atom. The number of carbonyl (C=O) groups excluding carboxylic acids is 1. The SMILES string of the molecule is COc1cc(OC)c(F)c(-c2cc3cnc(Nc4ccccn4)cc3n(C(C)c3cccc(CC(=O)/C=C/CN(C)C)c3)c2=O)c1F. The lowest BCUT2D eigenvalue weighted by molar-refractivity contribution is -0.114. The Bertz CT molecular complexity index is 1980. The quantitative estimate of drug-likeness (QED) is 0.158. The van der Waals surface area contributed by atoms with Gasteiger partial charge in [0.05, 0.1) is 36.9 Å². The molecule has 0 aliphatic rings. The van der Waals surface area contributed by atoms with Gasteiger partial charge in [-0.05, 0) is 56.4 Å². The fourth-order valence-electron chi connectivity index (χ4n) is 5.32. The van der Waals surface area contributed by atoms with Gasteiger partial charge in [0, 0.05) is 42.9 Å². The summed E-state index contributed by atoms with van der Waals surface area (Å²) in [6.07, 6.45) is 6.70. The van der Waals surface area contributed by atoms with Crippen LogP contribution in [-0.2, 0) is 11.2 Å². The van der Waals surface area contributed by atoms with Crippen molar-refractivity contribution in [1.82, 2.24) is 19.4 Å². The largest absolute Gasteiger partial charge is 0.494 e. The van der Waals surface area contributed by atoms with Crippen LogP contribution in [0, 0.1) is 11.6 Å². The Morgan fingerprint density at radius 1 is 0.979 bits per heavy atom. The van der Waals surface area contributed by atoms with Gasteiger partial charge < -0.3 is 24.3 Å². The van der Waals surface area contributed by atoms with Crippen LogP contribution in [0.1, 0.15) is 24.1 Å². The van der Waals surface area contributed by atoms with E-state index >= 15 is 8.78 Å². The number of allylic oxidation sites excluding steroid dienone is 1. The highest BCUT2D eigenvalue weighted by molar-refractivity contribution is 5.91. The number of carbonyl (C=O) groups is 1. The van der Waals surface area contributed by atoms with Crippen LogP contribution in [0.3, 0.4) is 0 Å². The summed E-state index contributed by atoms with van der Waals surface area (Å²) in [5.74, 6) is -1.73. The number of benzene rings is 2. The molecule has 0 spiro atoms. The molecule has 5 aromatic rings. The van der Waals surface area contributed by atoms with Gasteiger partial charge in [0.2, 0.25) is 0 Å². The second kappa shape index (κ2) is 14.3. The fraction of sp³-hybridized carbons (Fsp3) is 0.222. The number of rotatable bonds is 12. The maximum Gasteiger partial charge on any atom is 0.259 e. The van der Waals surface area contributed by atoms with E-state index in [0.717, 1.165) is 11.6 Å². The summed E-state index contributed by atoms with van der Waals surface area (Å²) in [7, 11) is 6.33. The van der Waals surface area contributed by atoms with E-state index in [1.54, 1.807) is 30.5 Å². The van der Waals surface area contributed by atoms with Gasteiger partial charge in [0.25, 0.3) is 5.56 Å². The van der Waals surface area contributed by atoms with E-state index in [-0.39, 0.29) is 29.3 Å². The molecule has 0 saturated heterocycles. The number of nitrogens with one attached hydrogen (secondary N) is 1. The molecule has 3 aromatic heterocycles. The van der Waals surface area contributed by atoms with Crippen molar-refractivity contribution in [2.24, 2.45) is 0 Å². The molecule has 3 heterocycles. The standard InChI is InChI=1S/C36H35F2N5O4/c1-22(24-11-8-10-23(16-24)17-26(44)12-9-15-42(2)3)43-28-19-32(41-31-13-6-7-14-39-31)40-21-25(28)18-27(36(43)45)33-34(37)29(46-4)20-30(47-5)35(33)38/h6-14,16,18-22H,15,17H2,1-5H3,(H,39,40,41)/b12-9+. The molecule has 9 nitrogen and oxygen atoms in total. The van der Waals surface area contributed by atoms with E-state index in [2.05, 4.69) is 15.3 Å². The highest BCUT2D eigenvalue weighted by Gasteiger charge is 2.26. The minimum absolute atomic E-state index is 0.0597. The molecule has 0 saturated carbocycles. The highest BCUT2D eigenvalue weighted by Crippen LogP contribution is 2.38. The van der Waals surface area contributed by atoms with Crippen LogP contribution in [0.15, 0.2) is 90.0 Å². The van der Waals surface area contributed by atoms with Crippen molar-refractivity contribution < 1.29 is 23.0 Å². The molecule has 0 bridgehead atoms. The van der Waals surface area contributed by atoms with Crippen molar-refractivity contribution in [2.45, 2.75) is 19.4 Å². The average Bonchev–Trinajstić information content (AvgIpc) is 3.05. The molecule has 1 atom stereocenters. The van der Waals surface area contributed by atoms with E-state index in [1.807, 2.05) is 62.3 Å². The zero-order chi connectivity index (χ0) is 33.7. The van der Waals surface area contributed by atoms with Crippen LogP contribution in [0.2, 0.25) is 0 Å². The summed E-state index contributed by atoms with van der Waals surface area (Å²) in [5, 5.41) is 3.59. The topological polar surface area (TPSA) is 98.6 Å². The van der Waals surface area contributed by atoms with Crippen LogP contribution in [-0.4, -0.2) is 60.1 Å². The van der Waals surface area contributed by atoms with Gasteiger partial charge in [-0.15, -0.1) is 0 Å². The number of likely N-dealkylation sites (N-methyl/N-ethyl adjacent to an activating group) is 1. The zero-order valence-corrected chi connectivity index (χ0v) is 26.8. The lowest BCUT2D eigenvalue weighted by atomic mass is 9.99. The number of pyridine rings is 3. The van der Waals surface area contributed by atoms with E-state index in [9.17, 15) is 9.59 Å². The van der Waals surface area contributed by atoms with Crippen LogP contribution in [0.4, 0.5) is 20.4 Å². The van der Waals surface area contributed by atoms with Gasteiger partial charge >= 0.3 is 0 Å². The number of ether oxygens (including phenoxy) is 2. The predicted octanol–water partition coefficient (Wildman–Crippen LogP) is 6.34.